The predicted octanol–water partition coefficient (Wildman–Crippen LogP) is 3.13. The summed E-state index contributed by atoms with van der Waals surface area (Å²) in [5.41, 5.74) is 1.66. The Hall–Kier alpha value is -0.580. The van der Waals surface area contributed by atoms with E-state index in [-0.39, 0.29) is 11.9 Å². The molecule has 0 aliphatic heterocycles. The number of benzene rings is 1. The van der Waals surface area contributed by atoms with Crippen molar-refractivity contribution in [1.29, 1.82) is 0 Å². The maximum absolute atomic E-state index is 12.1. The molecule has 5 heteroatoms. The van der Waals surface area contributed by atoms with E-state index in [1.54, 1.807) is 13.2 Å². The van der Waals surface area contributed by atoms with E-state index in [0.717, 1.165) is 10.0 Å². The fourth-order valence-corrected chi connectivity index (χ4v) is 2.32. The number of hydrogen-bond acceptors (Lipinski definition) is 2. The molecule has 1 aromatic rings. The minimum atomic E-state index is -0.113. The molecule has 1 N–H and O–H groups in total. The van der Waals surface area contributed by atoms with Gasteiger partial charge in [-0.1, -0.05) is 12.1 Å². The minimum Gasteiger partial charge on any atom is -0.383 e. The van der Waals surface area contributed by atoms with Crippen molar-refractivity contribution in [2.45, 2.75) is 19.4 Å². The summed E-state index contributed by atoms with van der Waals surface area (Å²) in [5.74, 6) is 0.376. The third-order valence-corrected chi connectivity index (χ3v) is 3.87. The molecule has 0 saturated heterocycles. The van der Waals surface area contributed by atoms with Crippen LogP contribution in [-0.4, -0.2) is 31.5 Å². The van der Waals surface area contributed by atoms with Crippen LogP contribution < -0.4 is 5.32 Å². The molecule has 0 radical (unpaired) electrons. The van der Waals surface area contributed by atoms with Crippen LogP contribution in [0.2, 0.25) is 0 Å². The highest BCUT2D eigenvalue weighted by atomic mass is 79.9. The smallest absolute Gasteiger partial charge is 0.252 e. The van der Waals surface area contributed by atoms with Crippen LogP contribution in [0, 0.1) is 6.92 Å². The molecule has 1 rings (SSSR count). The first-order chi connectivity index (χ1) is 8.60. The highest BCUT2D eigenvalue weighted by Gasteiger charge is 2.16. The lowest BCUT2D eigenvalue weighted by Crippen LogP contribution is -2.38. The summed E-state index contributed by atoms with van der Waals surface area (Å²) >= 11 is 9.13. The summed E-state index contributed by atoms with van der Waals surface area (Å²) in [7, 11) is 1.61. The minimum absolute atomic E-state index is 0.0626. The number of carbonyl (C=O) groups is 1. The molecule has 1 aromatic carbocycles. The summed E-state index contributed by atoms with van der Waals surface area (Å²) in [4.78, 5) is 12.1. The number of halogens is 2. The second-order valence-electron chi connectivity index (χ2n) is 4.04. The van der Waals surface area contributed by atoms with Gasteiger partial charge in [-0.15, -0.1) is 11.6 Å². The summed E-state index contributed by atoms with van der Waals surface area (Å²) in [6.45, 7) is 2.41. The first kappa shape index (κ1) is 15.5. The van der Waals surface area contributed by atoms with Gasteiger partial charge in [0.15, 0.2) is 0 Å². The molecule has 3 nitrogen and oxygen atoms in total. The summed E-state index contributed by atoms with van der Waals surface area (Å²) in [6, 6.07) is 5.54. The zero-order valence-corrected chi connectivity index (χ0v) is 12.8. The third kappa shape index (κ3) is 4.26. The molecule has 0 aliphatic carbocycles. The van der Waals surface area contributed by atoms with Gasteiger partial charge in [0, 0.05) is 17.5 Å². The number of hydrogen-bond donors (Lipinski definition) is 1. The molecule has 1 unspecified atom stereocenters. The summed E-state index contributed by atoms with van der Waals surface area (Å²) < 4.78 is 5.89. The zero-order chi connectivity index (χ0) is 13.5. The molecule has 0 heterocycles. The number of methoxy groups -OCH3 is 1. The number of rotatable bonds is 6. The van der Waals surface area contributed by atoms with Gasteiger partial charge in [-0.2, -0.15) is 0 Å². The second kappa shape index (κ2) is 7.77. The Morgan fingerprint density at radius 2 is 2.28 bits per heavy atom. The van der Waals surface area contributed by atoms with Gasteiger partial charge >= 0.3 is 0 Å². The van der Waals surface area contributed by atoms with Crippen molar-refractivity contribution in [1.82, 2.24) is 5.32 Å². The van der Waals surface area contributed by atoms with Crippen LogP contribution in [0.1, 0.15) is 22.3 Å². The maximum Gasteiger partial charge on any atom is 0.252 e. The molecule has 0 saturated carbocycles. The van der Waals surface area contributed by atoms with Crippen molar-refractivity contribution in [3.8, 4) is 0 Å². The van der Waals surface area contributed by atoms with Crippen LogP contribution in [0.4, 0.5) is 0 Å². The summed E-state index contributed by atoms with van der Waals surface area (Å²) in [6.07, 6.45) is 0.685. The maximum atomic E-state index is 12.1. The number of nitrogens with one attached hydrogen (secondary N) is 1. The van der Waals surface area contributed by atoms with Gasteiger partial charge in [0.25, 0.3) is 5.91 Å². The second-order valence-corrected chi connectivity index (χ2v) is 5.21. The van der Waals surface area contributed by atoms with Crippen molar-refractivity contribution >= 4 is 33.4 Å². The average molecular weight is 335 g/mol. The topological polar surface area (TPSA) is 38.3 Å². The molecular formula is C13H17BrClNO2. The monoisotopic (exact) mass is 333 g/mol. The van der Waals surface area contributed by atoms with Crippen LogP contribution in [-0.2, 0) is 4.74 Å². The Bertz CT molecular complexity index is 406. The van der Waals surface area contributed by atoms with Gasteiger partial charge in [0.1, 0.15) is 0 Å². The first-order valence-electron chi connectivity index (χ1n) is 5.71. The first-order valence-corrected chi connectivity index (χ1v) is 7.03. The molecule has 18 heavy (non-hydrogen) atoms. The van der Waals surface area contributed by atoms with Gasteiger partial charge in [-0.05, 0) is 40.9 Å². The Balaban J connectivity index is 2.77. The van der Waals surface area contributed by atoms with Crippen molar-refractivity contribution < 1.29 is 9.53 Å². The normalized spacial score (nSPS) is 12.2. The van der Waals surface area contributed by atoms with E-state index in [1.807, 2.05) is 19.1 Å². The van der Waals surface area contributed by atoms with Crippen LogP contribution >= 0.6 is 27.5 Å². The van der Waals surface area contributed by atoms with E-state index in [2.05, 4.69) is 21.2 Å². The molecule has 1 atom stereocenters. The largest absolute Gasteiger partial charge is 0.383 e. The Morgan fingerprint density at radius 3 is 2.89 bits per heavy atom. The summed E-state index contributed by atoms with van der Waals surface area (Å²) in [5, 5.41) is 2.92. The highest BCUT2D eigenvalue weighted by Crippen LogP contribution is 2.21. The predicted molar refractivity (Wildman–Crippen MR) is 77.3 cm³/mol. The van der Waals surface area contributed by atoms with Gasteiger partial charge < -0.3 is 10.1 Å². The molecule has 0 spiro atoms. The number of alkyl halides is 1. The molecule has 0 aromatic heterocycles. The lowest BCUT2D eigenvalue weighted by atomic mass is 10.1. The Labute approximate surface area is 121 Å². The van der Waals surface area contributed by atoms with Crippen LogP contribution in [0.3, 0.4) is 0 Å². The average Bonchev–Trinajstić information content (AvgIpc) is 2.33. The third-order valence-electron chi connectivity index (χ3n) is 2.60. The molecular weight excluding hydrogens is 318 g/mol. The van der Waals surface area contributed by atoms with Gasteiger partial charge in [-0.3, -0.25) is 4.79 Å². The van der Waals surface area contributed by atoms with Crippen LogP contribution in [0.15, 0.2) is 22.7 Å². The van der Waals surface area contributed by atoms with Gasteiger partial charge in [0.2, 0.25) is 0 Å². The van der Waals surface area contributed by atoms with E-state index in [0.29, 0.717) is 24.5 Å². The van der Waals surface area contributed by atoms with Crippen molar-refractivity contribution in [2.75, 3.05) is 19.6 Å². The Kier molecular flexibility index (Phi) is 6.68. The van der Waals surface area contributed by atoms with E-state index >= 15 is 0 Å². The molecule has 1 amide bonds. The van der Waals surface area contributed by atoms with Gasteiger partial charge in [0.05, 0.1) is 18.2 Å². The number of ether oxygens (including phenoxy) is 1. The van der Waals surface area contributed by atoms with E-state index in [9.17, 15) is 4.79 Å². The number of carbonyl (C=O) groups excluding carboxylic acids is 1. The number of amides is 1. The lowest BCUT2D eigenvalue weighted by molar-refractivity contribution is 0.0894. The number of aryl methyl sites for hydroxylation is 1. The van der Waals surface area contributed by atoms with E-state index < -0.39 is 0 Å². The van der Waals surface area contributed by atoms with Gasteiger partial charge in [-0.25, -0.2) is 0 Å². The Morgan fingerprint density at radius 1 is 1.56 bits per heavy atom. The molecule has 0 fully saturated rings. The van der Waals surface area contributed by atoms with E-state index in [1.165, 1.54) is 0 Å². The molecule has 0 aliphatic rings. The van der Waals surface area contributed by atoms with Crippen LogP contribution in [0.5, 0.6) is 0 Å². The SMILES string of the molecule is COCC(CCCl)NC(=O)c1cccc(C)c1Br. The van der Waals surface area contributed by atoms with Crippen molar-refractivity contribution in [3.05, 3.63) is 33.8 Å². The quantitative estimate of drug-likeness (QED) is 0.812. The lowest BCUT2D eigenvalue weighted by Gasteiger charge is -2.17. The van der Waals surface area contributed by atoms with Crippen molar-refractivity contribution in [2.24, 2.45) is 0 Å². The fourth-order valence-electron chi connectivity index (χ4n) is 1.62. The fraction of sp³-hybridized carbons (Fsp3) is 0.462. The zero-order valence-electron chi connectivity index (χ0n) is 10.5. The molecule has 0 bridgehead atoms. The van der Waals surface area contributed by atoms with Crippen molar-refractivity contribution in [3.63, 3.8) is 0 Å². The van der Waals surface area contributed by atoms with Crippen LogP contribution in [0.25, 0.3) is 0 Å². The highest BCUT2D eigenvalue weighted by molar-refractivity contribution is 9.10. The van der Waals surface area contributed by atoms with E-state index in [4.69, 9.17) is 16.3 Å². The molecule has 100 valence electrons. The standard InChI is InChI=1S/C13H17BrClNO2/c1-9-4-3-5-11(12(9)14)13(17)16-10(6-7-15)8-18-2/h3-5,10H,6-8H2,1-2H3,(H,16,17).